The molecule has 1 fully saturated rings. The number of halogens is 1. The van der Waals surface area contributed by atoms with Crippen LogP contribution in [0.1, 0.15) is 64.6 Å². The highest BCUT2D eigenvalue weighted by Crippen LogP contribution is 2.31. The molecule has 1 aliphatic rings. The molecule has 4 rings (SSSR count). The lowest BCUT2D eigenvalue weighted by atomic mass is 9.97. The summed E-state index contributed by atoms with van der Waals surface area (Å²) in [5.74, 6) is -0.184. The Bertz CT molecular complexity index is 1280. The number of likely N-dealkylation sites (tertiary alicyclic amines) is 1. The van der Waals surface area contributed by atoms with Crippen LogP contribution in [-0.2, 0) is 13.0 Å². The van der Waals surface area contributed by atoms with Gasteiger partial charge in [-0.2, -0.15) is 0 Å². The number of nitrogens with zero attached hydrogens (tertiary/aromatic N) is 4. The second-order valence-electron chi connectivity index (χ2n) is 10.7. The molecular formula is C31H40FN5O2. The SMILES string of the molecule is COc1ccc(N(Cc2cnccc2C)C2CCN([C@H](C)CCc3cc(C)c(C(N)=O)c(C)n3)CC2)c(F)c1. The second-order valence-corrected chi connectivity index (χ2v) is 10.7. The number of benzene rings is 1. The van der Waals surface area contributed by atoms with E-state index >= 15 is 4.39 Å². The lowest BCUT2D eigenvalue weighted by molar-refractivity contribution is 0.0998. The number of aryl methyl sites for hydroxylation is 4. The van der Waals surface area contributed by atoms with Crippen LogP contribution in [0, 0.1) is 26.6 Å². The van der Waals surface area contributed by atoms with Crippen molar-refractivity contribution < 1.29 is 13.9 Å². The minimum atomic E-state index is -0.428. The fourth-order valence-corrected chi connectivity index (χ4v) is 5.69. The van der Waals surface area contributed by atoms with Gasteiger partial charge in [-0.25, -0.2) is 4.39 Å². The number of primary amides is 1. The zero-order chi connectivity index (χ0) is 28.1. The molecule has 0 saturated carbocycles. The van der Waals surface area contributed by atoms with Crippen LogP contribution in [0.2, 0.25) is 0 Å². The molecule has 1 aromatic carbocycles. The van der Waals surface area contributed by atoms with Crippen molar-refractivity contribution in [3.05, 3.63) is 82.2 Å². The van der Waals surface area contributed by atoms with E-state index in [1.165, 1.54) is 6.07 Å². The van der Waals surface area contributed by atoms with E-state index in [1.54, 1.807) is 13.3 Å². The van der Waals surface area contributed by atoms with Gasteiger partial charge in [0, 0.05) is 55.9 Å². The largest absolute Gasteiger partial charge is 0.497 e. The molecule has 1 aliphatic heterocycles. The van der Waals surface area contributed by atoms with Gasteiger partial charge in [0.15, 0.2) is 0 Å². The van der Waals surface area contributed by atoms with E-state index in [4.69, 9.17) is 10.5 Å². The second kappa shape index (κ2) is 12.6. The minimum Gasteiger partial charge on any atom is -0.497 e. The Hall–Kier alpha value is -3.52. The van der Waals surface area contributed by atoms with E-state index in [9.17, 15) is 4.79 Å². The number of piperidine rings is 1. The van der Waals surface area contributed by atoms with Crippen molar-refractivity contribution in [3.8, 4) is 5.75 Å². The van der Waals surface area contributed by atoms with Crippen LogP contribution < -0.4 is 15.4 Å². The third kappa shape index (κ3) is 6.74. The van der Waals surface area contributed by atoms with Gasteiger partial charge < -0.3 is 20.3 Å². The number of hydrogen-bond acceptors (Lipinski definition) is 6. The Kier molecular flexibility index (Phi) is 9.17. The summed E-state index contributed by atoms with van der Waals surface area (Å²) < 4.78 is 20.5. The molecule has 1 amide bonds. The Morgan fingerprint density at radius 3 is 2.54 bits per heavy atom. The standard InChI is InChI=1S/C31H40FN5O2/c1-20-10-13-34-18-24(20)19-37(29-9-8-27(39-5)17-28(29)32)26-11-14-36(15-12-26)22(3)6-7-25-16-21(2)30(31(33)38)23(4)35-25/h8-10,13,16-18,22,26H,6-7,11-12,14-15,19H2,1-5H3,(H2,33,38)/t22-/m1/s1. The van der Waals surface area contributed by atoms with Crippen molar-refractivity contribution in [3.63, 3.8) is 0 Å². The number of pyridine rings is 2. The maximum atomic E-state index is 15.3. The number of carbonyl (C=O) groups is 1. The summed E-state index contributed by atoms with van der Waals surface area (Å²) in [7, 11) is 1.55. The Morgan fingerprint density at radius 2 is 1.92 bits per heavy atom. The number of anilines is 1. The van der Waals surface area contributed by atoms with E-state index in [1.807, 2.05) is 44.3 Å². The summed E-state index contributed by atoms with van der Waals surface area (Å²) in [5, 5.41) is 0. The number of carbonyl (C=O) groups excluding carboxylic acids is 1. The average molecular weight is 534 g/mol. The van der Waals surface area contributed by atoms with E-state index < -0.39 is 5.91 Å². The molecular weight excluding hydrogens is 493 g/mol. The van der Waals surface area contributed by atoms with Crippen LogP contribution in [0.5, 0.6) is 5.75 Å². The molecule has 39 heavy (non-hydrogen) atoms. The molecule has 0 spiro atoms. The van der Waals surface area contributed by atoms with Crippen molar-refractivity contribution >= 4 is 11.6 Å². The molecule has 3 aromatic rings. The lowest BCUT2D eigenvalue weighted by Crippen LogP contribution is -2.47. The van der Waals surface area contributed by atoms with Gasteiger partial charge in [-0.3, -0.25) is 14.8 Å². The molecule has 0 unspecified atom stereocenters. The number of hydrogen-bond donors (Lipinski definition) is 1. The highest BCUT2D eigenvalue weighted by Gasteiger charge is 2.29. The fraction of sp³-hybridized carbons (Fsp3) is 0.452. The molecule has 1 saturated heterocycles. The number of nitrogens with two attached hydrogens (primary N) is 1. The van der Waals surface area contributed by atoms with Crippen LogP contribution >= 0.6 is 0 Å². The number of methoxy groups -OCH3 is 1. The summed E-state index contributed by atoms with van der Waals surface area (Å²) >= 11 is 0. The Labute approximate surface area is 231 Å². The van der Waals surface area contributed by atoms with Crippen molar-refractivity contribution in [2.75, 3.05) is 25.1 Å². The van der Waals surface area contributed by atoms with Crippen LogP contribution in [0.4, 0.5) is 10.1 Å². The van der Waals surface area contributed by atoms with Crippen LogP contribution in [0.15, 0.2) is 42.7 Å². The van der Waals surface area contributed by atoms with Gasteiger partial charge in [0.25, 0.3) is 5.91 Å². The van der Waals surface area contributed by atoms with Crippen molar-refractivity contribution in [2.45, 2.75) is 72.0 Å². The normalized spacial score (nSPS) is 15.2. The third-order valence-corrected chi connectivity index (χ3v) is 8.03. The average Bonchev–Trinajstić information content (AvgIpc) is 2.91. The van der Waals surface area contributed by atoms with Gasteiger partial charge in [-0.1, -0.05) is 0 Å². The van der Waals surface area contributed by atoms with E-state index in [0.717, 1.165) is 61.2 Å². The fourth-order valence-electron chi connectivity index (χ4n) is 5.69. The first-order valence-corrected chi connectivity index (χ1v) is 13.7. The smallest absolute Gasteiger partial charge is 0.250 e. The highest BCUT2D eigenvalue weighted by atomic mass is 19.1. The molecule has 2 aromatic heterocycles. The summed E-state index contributed by atoms with van der Waals surface area (Å²) in [6.45, 7) is 10.6. The summed E-state index contributed by atoms with van der Waals surface area (Å²) in [6.07, 6.45) is 7.37. The van der Waals surface area contributed by atoms with Gasteiger partial charge in [-0.15, -0.1) is 0 Å². The van der Waals surface area contributed by atoms with Crippen LogP contribution in [0.3, 0.4) is 0 Å². The Balaban J connectivity index is 1.43. The first-order chi connectivity index (χ1) is 18.7. The molecule has 0 radical (unpaired) electrons. The predicted molar refractivity (Wildman–Crippen MR) is 153 cm³/mol. The molecule has 208 valence electrons. The number of ether oxygens (including phenoxy) is 1. The minimum absolute atomic E-state index is 0.212. The Morgan fingerprint density at radius 1 is 1.18 bits per heavy atom. The van der Waals surface area contributed by atoms with Gasteiger partial charge in [0.1, 0.15) is 11.6 Å². The first-order valence-electron chi connectivity index (χ1n) is 13.7. The van der Waals surface area contributed by atoms with Crippen LogP contribution in [-0.4, -0.2) is 53.1 Å². The molecule has 8 heteroatoms. The summed E-state index contributed by atoms with van der Waals surface area (Å²) in [5.41, 5.74) is 11.4. The molecule has 7 nitrogen and oxygen atoms in total. The number of aromatic nitrogens is 2. The van der Waals surface area contributed by atoms with Crippen molar-refractivity contribution in [1.82, 2.24) is 14.9 Å². The van der Waals surface area contributed by atoms with Crippen molar-refractivity contribution in [1.29, 1.82) is 0 Å². The van der Waals surface area contributed by atoms with Crippen molar-refractivity contribution in [2.24, 2.45) is 5.73 Å². The number of rotatable bonds is 10. The predicted octanol–water partition coefficient (Wildman–Crippen LogP) is 5.14. The third-order valence-electron chi connectivity index (χ3n) is 8.03. The monoisotopic (exact) mass is 533 g/mol. The van der Waals surface area contributed by atoms with E-state index in [2.05, 4.69) is 33.6 Å². The molecule has 1 atom stereocenters. The van der Waals surface area contributed by atoms with E-state index in [-0.39, 0.29) is 11.9 Å². The quantitative estimate of drug-likeness (QED) is 0.389. The highest BCUT2D eigenvalue weighted by molar-refractivity contribution is 5.95. The van der Waals surface area contributed by atoms with Crippen LogP contribution in [0.25, 0.3) is 0 Å². The summed E-state index contributed by atoms with van der Waals surface area (Å²) in [6, 6.07) is 9.69. The van der Waals surface area contributed by atoms with E-state index in [0.29, 0.717) is 35.3 Å². The number of amides is 1. The molecule has 0 aliphatic carbocycles. The molecule has 2 N–H and O–H groups in total. The van der Waals surface area contributed by atoms with Gasteiger partial charge in [-0.05, 0) is 94.3 Å². The van der Waals surface area contributed by atoms with Gasteiger partial charge in [0.05, 0.1) is 24.1 Å². The summed E-state index contributed by atoms with van der Waals surface area (Å²) in [4.78, 5) is 25.4. The topological polar surface area (TPSA) is 84.6 Å². The zero-order valence-corrected chi connectivity index (χ0v) is 23.7. The maximum absolute atomic E-state index is 15.3. The lowest BCUT2D eigenvalue weighted by Gasteiger charge is -2.42. The molecule has 3 heterocycles. The molecule has 0 bridgehead atoms. The van der Waals surface area contributed by atoms with Gasteiger partial charge in [0.2, 0.25) is 0 Å². The zero-order valence-electron chi connectivity index (χ0n) is 23.7. The maximum Gasteiger partial charge on any atom is 0.250 e. The van der Waals surface area contributed by atoms with Gasteiger partial charge >= 0.3 is 0 Å². The first kappa shape index (κ1) is 28.5.